The highest BCUT2D eigenvalue weighted by Gasteiger charge is 2.27. The van der Waals surface area contributed by atoms with Crippen molar-refractivity contribution in [1.29, 1.82) is 0 Å². The zero-order valence-electron chi connectivity index (χ0n) is 11.6. The Labute approximate surface area is 115 Å². The van der Waals surface area contributed by atoms with Crippen LogP contribution in [0.5, 0.6) is 0 Å². The smallest absolute Gasteiger partial charge is 0.234 e. The summed E-state index contributed by atoms with van der Waals surface area (Å²) in [5.41, 5.74) is 2.86. The summed E-state index contributed by atoms with van der Waals surface area (Å²) < 4.78 is 0. The minimum Gasteiger partial charge on any atom is -0.352 e. The summed E-state index contributed by atoms with van der Waals surface area (Å²) in [6.07, 6.45) is 5.86. The lowest BCUT2D eigenvalue weighted by molar-refractivity contribution is -0.122. The normalized spacial score (nSPS) is 22.1. The largest absolute Gasteiger partial charge is 0.352 e. The van der Waals surface area contributed by atoms with Crippen LogP contribution >= 0.6 is 0 Å². The van der Waals surface area contributed by atoms with E-state index in [1.807, 2.05) is 0 Å². The van der Waals surface area contributed by atoms with Crippen LogP contribution in [0.25, 0.3) is 0 Å². The molecule has 1 atom stereocenters. The molecule has 0 aromatic heterocycles. The molecule has 0 heterocycles. The van der Waals surface area contributed by atoms with Crippen molar-refractivity contribution in [2.24, 2.45) is 0 Å². The molecule has 0 bridgehead atoms. The van der Waals surface area contributed by atoms with Crippen molar-refractivity contribution < 1.29 is 4.79 Å². The molecule has 1 aromatic rings. The second kappa shape index (κ2) is 5.33. The summed E-state index contributed by atoms with van der Waals surface area (Å²) in [5.74, 6) is 0.174. The quantitative estimate of drug-likeness (QED) is 0.898. The fourth-order valence-electron chi connectivity index (χ4n) is 3.02. The molecule has 2 aliphatic carbocycles. The average Bonchev–Trinajstić information content (AvgIpc) is 3.21. The van der Waals surface area contributed by atoms with Gasteiger partial charge in [0, 0.05) is 12.1 Å². The number of carbonyl (C=O) groups is 1. The van der Waals surface area contributed by atoms with E-state index in [0.29, 0.717) is 18.6 Å². The summed E-state index contributed by atoms with van der Waals surface area (Å²) in [6.45, 7) is 0.509. The molecule has 1 aromatic carbocycles. The second-order valence-corrected chi connectivity index (χ2v) is 5.86. The Hall–Kier alpha value is -1.35. The Morgan fingerprint density at radius 3 is 2.89 bits per heavy atom. The number of rotatable bonds is 4. The molecule has 0 unspecified atom stereocenters. The minimum atomic E-state index is 0.174. The molecule has 0 radical (unpaired) electrons. The topological polar surface area (TPSA) is 32.3 Å². The van der Waals surface area contributed by atoms with E-state index in [9.17, 15) is 4.79 Å². The highest BCUT2D eigenvalue weighted by Crippen LogP contribution is 2.33. The van der Waals surface area contributed by atoms with E-state index in [1.54, 1.807) is 0 Å². The Bertz CT molecular complexity index is 468. The van der Waals surface area contributed by atoms with Gasteiger partial charge in [-0.25, -0.2) is 0 Å². The number of aryl methyl sites for hydroxylation is 1. The van der Waals surface area contributed by atoms with Gasteiger partial charge in [0.2, 0.25) is 5.91 Å². The van der Waals surface area contributed by atoms with Crippen LogP contribution in [0.3, 0.4) is 0 Å². The van der Waals surface area contributed by atoms with Crippen molar-refractivity contribution >= 4 is 5.91 Å². The second-order valence-electron chi connectivity index (χ2n) is 5.86. The van der Waals surface area contributed by atoms with Crippen LogP contribution in [0.15, 0.2) is 24.3 Å². The Balaban J connectivity index is 1.66. The van der Waals surface area contributed by atoms with Gasteiger partial charge in [-0.3, -0.25) is 9.69 Å². The van der Waals surface area contributed by atoms with Gasteiger partial charge in [-0.2, -0.15) is 0 Å². The summed E-state index contributed by atoms with van der Waals surface area (Å²) in [6, 6.07) is 9.51. The number of fused-ring (bicyclic) bond motifs is 1. The lowest BCUT2D eigenvalue weighted by Gasteiger charge is -2.32. The van der Waals surface area contributed by atoms with Gasteiger partial charge >= 0.3 is 0 Å². The first kappa shape index (κ1) is 12.7. The molecule has 0 aliphatic heterocycles. The monoisotopic (exact) mass is 258 g/mol. The minimum absolute atomic E-state index is 0.174. The van der Waals surface area contributed by atoms with Gasteiger partial charge in [-0.15, -0.1) is 0 Å². The third kappa shape index (κ3) is 2.98. The van der Waals surface area contributed by atoms with E-state index in [-0.39, 0.29) is 5.91 Å². The van der Waals surface area contributed by atoms with Gasteiger partial charge < -0.3 is 5.32 Å². The van der Waals surface area contributed by atoms with Gasteiger partial charge in [-0.05, 0) is 50.3 Å². The number of nitrogens with one attached hydrogen (secondary N) is 1. The maximum Gasteiger partial charge on any atom is 0.234 e. The Kier molecular flexibility index (Phi) is 3.56. The van der Waals surface area contributed by atoms with Gasteiger partial charge in [0.1, 0.15) is 0 Å². The van der Waals surface area contributed by atoms with E-state index >= 15 is 0 Å². The number of likely N-dealkylation sites (N-methyl/N-ethyl adjacent to an activating group) is 1. The summed E-state index contributed by atoms with van der Waals surface area (Å²) in [7, 11) is 2.07. The summed E-state index contributed by atoms with van der Waals surface area (Å²) in [4.78, 5) is 14.1. The number of hydrogen-bond acceptors (Lipinski definition) is 2. The number of carbonyl (C=O) groups excluding carboxylic acids is 1. The molecule has 0 spiro atoms. The van der Waals surface area contributed by atoms with Crippen LogP contribution in [-0.4, -0.2) is 30.4 Å². The molecular weight excluding hydrogens is 236 g/mol. The average molecular weight is 258 g/mol. The first-order valence-electron chi connectivity index (χ1n) is 7.31. The van der Waals surface area contributed by atoms with E-state index in [2.05, 4.69) is 41.5 Å². The molecule has 1 fully saturated rings. The maximum absolute atomic E-state index is 11.9. The lowest BCUT2D eigenvalue weighted by Crippen LogP contribution is -2.38. The number of nitrogens with zero attached hydrogens (tertiary/aromatic N) is 1. The van der Waals surface area contributed by atoms with Gasteiger partial charge in [0.25, 0.3) is 0 Å². The number of benzene rings is 1. The fraction of sp³-hybridized carbons (Fsp3) is 0.562. The molecule has 102 valence electrons. The molecule has 1 N–H and O–H groups in total. The molecule has 3 nitrogen and oxygen atoms in total. The van der Waals surface area contributed by atoms with E-state index in [0.717, 1.165) is 19.3 Å². The zero-order valence-corrected chi connectivity index (χ0v) is 11.6. The van der Waals surface area contributed by atoms with Crippen molar-refractivity contribution in [3.05, 3.63) is 35.4 Å². The third-order valence-corrected chi connectivity index (χ3v) is 4.21. The third-order valence-electron chi connectivity index (χ3n) is 4.21. The van der Waals surface area contributed by atoms with E-state index in [4.69, 9.17) is 0 Å². The predicted molar refractivity (Wildman–Crippen MR) is 75.9 cm³/mol. The molecule has 2 aliphatic rings. The molecular formula is C16H22N2O. The first-order valence-corrected chi connectivity index (χ1v) is 7.31. The van der Waals surface area contributed by atoms with Crippen LogP contribution in [0.4, 0.5) is 0 Å². The Morgan fingerprint density at radius 1 is 1.32 bits per heavy atom. The molecule has 19 heavy (non-hydrogen) atoms. The standard InChI is InChI=1S/C16H22N2O/c1-18(11-16(19)17-13-9-10-13)15-8-4-6-12-5-2-3-7-14(12)15/h2-3,5,7,13,15H,4,6,8-11H2,1H3,(H,17,19)/t15-/m1/s1. The first-order chi connectivity index (χ1) is 9.24. The van der Waals surface area contributed by atoms with Crippen LogP contribution in [0.2, 0.25) is 0 Å². The van der Waals surface area contributed by atoms with Gasteiger partial charge in [0.05, 0.1) is 6.54 Å². The van der Waals surface area contributed by atoms with E-state index < -0.39 is 0 Å². The van der Waals surface area contributed by atoms with Gasteiger partial charge in [-0.1, -0.05) is 24.3 Å². The van der Waals surface area contributed by atoms with Crippen LogP contribution in [0.1, 0.15) is 42.9 Å². The van der Waals surface area contributed by atoms with Crippen molar-refractivity contribution in [3.63, 3.8) is 0 Å². The number of hydrogen-bond donors (Lipinski definition) is 1. The molecule has 1 amide bonds. The van der Waals surface area contributed by atoms with Crippen LogP contribution < -0.4 is 5.32 Å². The molecule has 0 saturated heterocycles. The predicted octanol–water partition coefficient (Wildman–Crippen LogP) is 2.27. The fourth-order valence-corrected chi connectivity index (χ4v) is 3.02. The number of amides is 1. The summed E-state index contributed by atoms with van der Waals surface area (Å²) in [5, 5.41) is 3.07. The van der Waals surface area contributed by atoms with Crippen LogP contribution in [0, 0.1) is 0 Å². The van der Waals surface area contributed by atoms with Crippen molar-refractivity contribution in [2.45, 2.75) is 44.2 Å². The maximum atomic E-state index is 11.9. The lowest BCUT2D eigenvalue weighted by atomic mass is 9.87. The van der Waals surface area contributed by atoms with Crippen molar-refractivity contribution in [3.8, 4) is 0 Å². The summed E-state index contributed by atoms with van der Waals surface area (Å²) >= 11 is 0. The SMILES string of the molecule is CN(CC(=O)NC1CC1)[C@@H]1CCCc2ccccc21. The molecule has 1 saturated carbocycles. The molecule has 3 heteroatoms. The zero-order chi connectivity index (χ0) is 13.2. The Morgan fingerprint density at radius 2 is 2.11 bits per heavy atom. The molecule has 3 rings (SSSR count). The van der Waals surface area contributed by atoms with E-state index in [1.165, 1.54) is 24.0 Å². The van der Waals surface area contributed by atoms with Crippen molar-refractivity contribution in [2.75, 3.05) is 13.6 Å². The van der Waals surface area contributed by atoms with Crippen molar-refractivity contribution in [1.82, 2.24) is 10.2 Å². The highest BCUT2D eigenvalue weighted by atomic mass is 16.2. The van der Waals surface area contributed by atoms with Gasteiger partial charge in [0.15, 0.2) is 0 Å². The van der Waals surface area contributed by atoms with Crippen LogP contribution in [-0.2, 0) is 11.2 Å². The highest BCUT2D eigenvalue weighted by molar-refractivity contribution is 5.78.